The molecule has 2 aliphatic rings. The number of guanidine groups is 1. The van der Waals surface area contributed by atoms with Gasteiger partial charge in [0.1, 0.15) is 5.82 Å². The van der Waals surface area contributed by atoms with Gasteiger partial charge in [0.05, 0.1) is 19.8 Å². The van der Waals surface area contributed by atoms with Crippen molar-refractivity contribution in [1.29, 1.82) is 5.41 Å². The average Bonchev–Trinajstić information content (AvgIpc) is 3.27. The Bertz CT molecular complexity index is 900. The maximum absolute atomic E-state index is 8.15. The molecule has 3 N–H and O–H groups in total. The number of nitrogens with zero attached hydrogens (tertiary/aromatic N) is 7. The Labute approximate surface area is 181 Å². The first-order valence-electron chi connectivity index (χ1n) is 10.4. The van der Waals surface area contributed by atoms with Crippen molar-refractivity contribution in [3.63, 3.8) is 0 Å². The molecule has 2 saturated heterocycles. The lowest BCUT2D eigenvalue weighted by Gasteiger charge is -2.27. The first-order valence-corrected chi connectivity index (χ1v) is 10.4. The van der Waals surface area contributed by atoms with Crippen molar-refractivity contribution in [3.8, 4) is 17.4 Å². The predicted octanol–water partition coefficient (Wildman–Crippen LogP) is 0.549. The quantitative estimate of drug-likeness (QED) is 0.515. The summed E-state index contributed by atoms with van der Waals surface area (Å²) in [6.45, 7) is 4.83. The Kier molecular flexibility index (Phi) is 6.31. The molecule has 2 fully saturated rings. The molecule has 11 heteroatoms. The molecule has 2 aromatic rings. The molecule has 0 bridgehead atoms. The van der Waals surface area contributed by atoms with Gasteiger partial charge in [-0.15, -0.1) is 0 Å². The van der Waals surface area contributed by atoms with Gasteiger partial charge in [0.2, 0.25) is 5.95 Å². The van der Waals surface area contributed by atoms with E-state index < -0.39 is 0 Å². The van der Waals surface area contributed by atoms with E-state index in [-0.39, 0.29) is 0 Å². The maximum atomic E-state index is 8.15. The van der Waals surface area contributed by atoms with Crippen LogP contribution in [0.3, 0.4) is 0 Å². The molecule has 1 unspecified atom stereocenters. The van der Waals surface area contributed by atoms with Gasteiger partial charge >= 0.3 is 6.01 Å². The van der Waals surface area contributed by atoms with Gasteiger partial charge in [-0.1, -0.05) is 0 Å². The summed E-state index contributed by atoms with van der Waals surface area (Å²) in [5, 5.41) is 8.15. The Morgan fingerprint density at radius 2 is 2.03 bits per heavy atom. The minimum absolute atomic E-state index is 0.296. The standard InChI is InChI=1S/C20H29N9O2/c1-27(2)18(22)29-6-5-14(12-29)13-31-20-25-17(15-3-4-16(21)23-11-15)24-19(26-20)28-7-9-30-10-8-28/h3-4,11,14,22H,5-10,12-13H2,1-2H3,(H2,21,23). The summed E-state index contributed by atoms with van der Waals surface area (Å²) in [5.41, 5.74) is 6.47. The molecule has 0 saturated carbocycles. The molecular formula is C20H29N9O2. The number of nitrogens with two attached hydrogens (primary N) is 1. The fourth-order valence-corrected chi connectivity index (χ4v) is 3.62. The second kappa shape index (κ2) is 9.29. The minimum Gasteiger partial charge on any atom is -0.463 e. The van der Waals surface area contributed by atoms with E-state index in [1.54, 1.807) is 12.3 Å². The lowest BCUT2D eigenvalue weighted by atomic mass is 10.1. The molecule has 166 valence electrons. The van der Waals surface area contributed by atoms with E-state index >= 15 is 0 Å². The van der Waals surface area contributed by atoms with Crippen molar-refractivity contribution in [3.05, 3.63) is 18.3 Å². The largest absolute Gasteiger partial charge is 0.463 e. The Morgan fingerprint density at radius 1 is 1.23 bits per heavy atom. The molecule has 0 amide bonds. The van der Waals surface area contributed by atoms with Gasteiger partial charge in [-0.25, -0.2) is 4.98 Å². The zero-order valence-electron chi connectivity index (χ0n) is 18.0. The van der Waals surface area contributed by atoms with Crippen molar-refractivity contribution >= 4 is 17.7 Å². The molecule has 0 aromatic carbocycles. The van der Waals surface area contributed by atoms with Crippen LogP contribution >= 0.6 is 0 Å². The third-order valence-corrected chi connectivity index (χ3v) is 5.40. The first-order chi connectivity index (χ1) is 15.0. The van der Waals surface area contributed by atoms with Gasteiger partial charge in [-0.2, -0.15) is 15.0 Å². The van der Waals surface area contributed by atoms with Crippen LogP contribution in [0.4, 0.5) is 11.8 Å². The molecule has 1 atom stereocenters. The summed E-state index contributed by atoms with van der Waals surface area (Å²) < 4.78 is 11.5. The molecule has 11 nitrogen and oxygen atoms in total. The predicted molar refractivity (Wildman–Crippen MR) is 117 cm³/mol. The van der Waals surface area contributed by atoms with E-state index in [4.69, 9.17) is 20.6 Å². The lowest BCUT2D eigenvalue weighted by Crippen LogP contribution is -2.38. The van der Waals surface area contributed by atoms with Crippen LogP contribution in [0.1, 0.15) is 6.42 Å². The second-order valence-electron chi connectivity index (χ2n) is 7.94. The average molecular weight is 428 g/mol. The summed E-state index contributed by atoms with van der Waals surface area (Å²) in [4.78, 5) is 23.8. The molecule has 31 heavy (non-hydrogen) atoms. The molecule has 0 spiro atoms. The summed E-state index contributed by atoms with van der Waals surface area (Å²) in [7, 11) is 3.77. The van der Waals surface area contributed by atoms with E-state index in [2.05, 4.69) is 29.7 Å². The third kappa shape index (κ3) is 5.10. The van der Waals surface area contributed by atoms with Crippen LogP contribution < -0.4 is 15.4 Å². The highest BCUT2D eigenvalue weighted by Crippen LogP contribution is 2.23. The fourth-order valence-electron chi connectivity index (χ4n) is 3.62. The number of hydrogen-bond donors (Lipinski definition) is 2. The van der Waals surface area contributed by atoms with Gasteiger partial charge in [-0.3, -0.25) is 5.41 Å². The summed E-state index contributed by atoms with van der Waals surface area (Å²) in [5.74, 6) is 2.35. The normalized spacial score (nSPS) is 18.8. The number of rotatable bonds is 5. The van der Waals surface area contributed by atoms with Gasteiger partial charge in [0, 0.05) is 58.0 Å². The monoisotopic (exact) mass is 427 g/mol. The molecule has 0 aliphatic carbocycles. The first kappa shape index (κ1) is 21.0. The number of aromatic nitrogens is 4. The Hall–Kier alpha value is -3.21. The number of hydrogen-bond acceptors (Lipinski definition) is 9. The lowest BCUT2D eigenvalue weighted by molar-refractivity contribution is 0.122. The van der Waals surface area contributed by atoms with Crippen LogP contribution in [-0.4, -0.2) is 95.8 Å². The smallest absolute Gasteiger partial charge is 0.321 e. The van der Waals surface area contributed by atoms with E-state index in [0.717, 1.165) is 25.1 Å². The van der Waals surface area contributed by atoms with E-state index in [0.29, 0.717) is 68.4 Å². The van der Waals surface area contributed by atoms with Gasteiger partial charge in [0.15, 0.2) is 11.8 Å². The molecular weight excluding hydrogens is 398 g/mol. The number of likely N-dealkylation sites (tertiary alicyclic amines) is 1. The maximum Gasteiger partial charge on any atom is 0.321 e. The van der Waals surface area contributed by atoms with Crippen LogP contribution in [-0.2, 0) is 4.74 Å². The molecule has 4 heterocycles. The molecule has 0 radical (unpaired) electrons. The van der Waals surface area contributed by atoms with E-state index in [1.165, 1.54) is 0 Å². The summed E-state index contributed by atoms with van der Waals surface area (Å²) in [6.07, 6.45) is 2.62. The topological polar surface area (TPSA) is 130 Å². The molecule has 2 aromatic heterocycles. The highest BCUT2D eigenvalue weighted by atomic mass is 16.5. The number of morpholine rings is 1. The van der Waals surface area contributed by atoms with Gasteiger partial charge in [-0.05, 0) is 18.6 Å². The number of nitrogens with one attached hydrogen (secondary N) is 1. The van der Waals surface area contributed by atoms with Crippen LogP contribution in [0.2, 0.25) is 0 Å². The summed E-state index contributed by atoms with van der Waals surface area (Å²) in [6, 6.07) is 3.86. The summed E-state index contributed by atoms with van der Waals surface area (Å²) >= 11 is 0. The van der Waals surface area contributed by atoms with Crippen molar-refractivity contribution in [2.45, 2.75) is 6.42 Å². The van der Waals surface area contributed by atoms with Crippen LogP contribution in [0, 0.1) is 11.3 Å². The zero-order valence-corrected chi connectivity index (χ0v) is 18.0. The minimum atomic E-state index is 0.296. The zero-order chi connectivity index (χ0) is 21.8. The SMILES string of the molecule is CN(C)C(=N)N1CCC(COc2nc(-c3ccc(N)nc3)nc(N3CCOCC3)n2)C1. The van der Waals surface area contributed by atoms with Crippen LogP contribution in [0.15, 0.2) is 18.3 Å². The van der Waals surface area contributed by atoms with Gasteiger partial charge in [0.25, 0.3) is 0 Å². The van der Waals surface area contributed by atoms with Crippen molar-refractivity contribution in [1.82, 2.24) is 29.7 Å². The van der Waals surface area contributed by atoms with E-state index in [1.807, 2.05) is 25.1 Å². The van der Waals surface area contributed by atoms with E-state index in [9.17, 15) is 0 Å². The number of anilines is 2. The van der Waals surface area contributed by atoms with Crippen molar-refractivity contribution in [2.75, 3.05) is 70.7 Å². The molecule has 4 rings (SSSR count). The highest BCUT2D eigenvalue weighted by molar-refractivity contribution is 5.76. The Morgan fingerprint density at radius 3 is 2.74 bits per heavy atom. The Balaban J connectivity index is 1.50. The van der Waals surface area contributed by atoms with Crippen LogP contribution in [0.25, 0.3) is 11.4 Å². The fraction of sp³-hybridized carbons (Fsp3) is 0.550. The number of pyridine rings is 1. The number of nitrogen functional groups attached to an aromatic ring is 1. The third-order valence-electron chi connectivity index (χ3n) is 5.40. The number of ether oxygens (including phenoxy) is 2. The molecule has 2 aliphatic heterocycles. The second-order valence-corrected chi connectivity index (χ2v) is 7.94. The van der Waals surface area contributed by atoms with Crippen LogP contribution in [0.5, 0.6) is 6.01 Å². The van der Waals surface area contributed by atoms with Gasteiger partial charge < -0.3 is 29.9 Å². The van der Waals surface area contributed by atoms with Crippen molar-refractivity contribution in [2.24, 2.45) is 5.92 Å². The highest BCUT2D eigenvalue weighted by Gasteiger charge is 2.26. The van der Waals surface area contributed by atoms with Crippen molar-refractivity contribution < 1.29 is 9.47 Å².